The topological polar surface area (TPSA) is 66.8 Å². The predicted octanol–water partition coefficient (Wildman–Crippen LogP) is 4.71. The number of methoxy groups -OCH3 is 1. The van der Waals surface area contributed by atoms with Gasteiger partial charge < -0.3 is 14.7 Å². The van der Waals surface area contributed by atoms with Crippen LogP contribution in [0.4, 0.5) is 0 Å². The van der Waals surface area contributed by atoms with E-state index >= 15 is 0 Å². The van der Waals surface area contributed by atoms with Crippen molar-refractivity contribution in [1.82, 2.24) is 4.90 Å². The molecule has 1 saturated carbocycles. The number of aliphatic hydroxyl groups is 1. The molecule has 2 aromatic carbocycles. The highest BCUT2D eigenvalue weighted by Gasteiger charge is 2.49. The zero-order chi connectivity index (χ0) is 20.5. The lowest BCUT2D eigenvalue weighted by Gasteiger charge is -2.30. The van der Waals surface area contributed by atoms with Crippen LogP contribution in [0.1, 0.15) is 42.9 Å². The molecule has 1 unspecified atom stereocenters. The molecule has 2 aromatic rings. The molecule has 1 atom stereocenters. The average Bonchev–Trinajstić information content (AvgIpc) is 3.35. The Morgan fingerprint density at radius 1 is 1.10 bits per heavy atom. The molecule has 0 aromatic heterocycles. The summed E-state index contributed by atoms with van der Waals surface area (Å²) in [7, 11) is 1.48. The van der Waals surface area contributed by atoms with Gasteiger partial charge in [0.1, 0.15) is 11.5 Å². The van der Waals surface area contributed by atoms with Crippen molar-refractivity contribution in [2.24, 2.45) is 0 Å². The third-order valence-corrected chi connectivity index (χ3v) is 6.05. The maximum atomic E-state index is 13.0. The van der Waals surface area contributed by atoms with Gasteiger partial charge in [-0.2, -0.15) is 0 Å². The summed E-state index contributed by atoms with van der Waals surface area (Å²) in [6.07, 6.45) is 3.80. The average molecular weight is 412 g/mol. The Hall–Kier alpha value is -2.79. The van der Waals surface area contributed by atoms with Gasteiger partial charge in [0.15, 0.2) is 0 Å². The van der Waals surface area contributed by atoms with Gasteiger partial charge in [-0.15, -0.1) is 0 Å². The zero-order valence-corrected chi connectivity index (χ0v) is 16.9. The molecule has 1 aliphatic heterocycles. The van der Waals surface area contributed by atoms with E-state index in [0.717, 1.165) is 31.2 Å². The second kappa shape index (κ2) is 7.91. The number of aliphatic hydroxyl groups excluding tert-OH is 1. The number of carbonyl (C=O) groups excluding carboxylic acids is 2. The van der Waals surface area contributed by atoms with Gasteiger partial charge in [0.05, 0.1) is 23.7 Å². The molecule has 0 spiro atoms. The highest BCUT2D eigenvalue weighted by molar-refractivity contribution is 6.46. The van der Waals surface area contributed by atoms with Crippen molar-refractivity contribution in [1.29, 1.82) is 0 Å². The fraction of sp³-hybridized carbons (Fsp3) is 0.304. The van der Waals surface area contributed by atoms with Gasteiger partial charge >= 0.3 is 0 Å². The first-order chi connectivity index (χ1) is 14.0. The Bertz CT molecular complexity index is 980. The number of nitrogens with zero attached hydrogens (tertiary/aromatic N) is 1. The van der Waals surface area contributed by atoms with Crippen LogP contribution in [0.25, 0.3) is 5.76 Å². The lowest BCUT2D eigenvalue weighted by molar-refractivity contribution is -0.141. The minimum atomic E-state index is -0.655. The number of ether oxygens (including phenoxy) is 1. The van der Waals surface area contributed by atoms with Crippen molar-refractivity contribution in [2.45, 2.75) is 37.8 Å². The molecule has 2 fully saturated rings. The minimum absolute atomic E-state index is 0.00158. The van der Waals surface area contributed by atoms with Crippen LogP contribution >= 0.6 is 11.6 Å². The number of benzene rings is 2. The smallest absolute Gasteiger partial charge is 0.295 e. The van der Waals surface area contributed by atoms with Crippen LogP contribution in [0.15, 0.2) is 54.1 Å². The van der Waals surface area contributed by atoms with E-state index in [0.29, 0.717) is 16.3 Å². The Morgan fingerprint density at radius 3 is 2.45 bits per heavy atom. The van der Waals surface area contributed by atoms with E-state index in [-0.39, 0.29) is 17.4 Å². The van der Waals surface area contributed by atoms with Crippen molar-refractivity contribution < 1.29 is 19.4 Å². The largest absolute Gasteiger partial charge is 0.507 e. The van der Waals surface area contributed by atoms with E-state index in [1.165, 1.54) is 7.11 Å². The second-order valence-corrected chi connectivity index (χ2v) is 7.81. The molecular formula is C23H22ClNO4. The van der Waals surface area contributed by atoms with Crippen molar-refractivity contribution >= 4 is 29.1 Å². The lowest BCUT2D eigenvalue weighted by atomic mass is 9.94. The highest BCUT2D eigenvalue weighted by Crippen LogP contribution is 2.43. The first-order valence-corrected chi connectivity index (χ1v) is 10.1. The molecule has 1 amide bonds. The van der Waals surface area contributed by atoms with Crippen molar-refractivity contribution in [3.8, 4) is 5.75 Å². The van der Waals surface area contributed by atoms with Gasteiger partial charge in [0.2, 0.25) is 0 Å². The van der Waals surface area contributed by atoms with Crippen LogP contribution < -0.4 is 4.74 Å². The summed E-state index contributed by atoms with van der Waals surface area (Å²) in [4.78, 5) is 27.7. The zero-order valence-electron chi connectivity index (χ0n) is 16.1. The summed E-state index contributed by atoms with van der Waals surface area (Å²) in [5.74, 6) is -1.03. The molecule has 1 saturated heterocycles. The summed E-state index contributed by atoms with van der Waals surface area (Å²) >= 11 is 6.09. The molecule has 1 N–H and O–H groups in total. The standard InChI is InChI=1S/C23H22ClNO4/c1-29-18-13-15(11-12-17(18)24)21(26)19-20(14-7-3-2-4-8-14)25(23(28)22(19)27)16-9-5-6-10-16/h2-4,7-8,11-13,16,20,26H,5-6,9-10H2,1H3/b21-19-. The number of hydrogen-bond acceptors (Lipinski definition) is 4. The summed E-state index contributed by atoms with van der Waals surface area (Å²) in [5, 5.41) is 11.5. The Balaban J connectivity index is 1.88. The fourth-order valence-corrected chi connectivity index (χ4v) is 4.53. The van der Waals surface area contributed by atoms with Crippen molar-refractivity contribution in [2.75, 3.05) is 7.11 Å². The van der Waals surface area contributed by atoms with E-state index in [1.807, 2.05) is 30.3 Å². The molecule has 0 bridgehead atoms. The SMILES string of the molecule is COc1cc(/C(O)=C2/C(=O)C(=O)N(C3CCCC3)C2c2ccccc2)ccc1Cl. The number of likely N-dealkylation sites (tertiary alicyclic amines) is 1. The van der Waals surface area contributed by atoms with Gasteiger partial charge in [-0.1, -0.05) is 54.8 Å². The monoisotopic (exact) mass is 411 g/mol. The number of hydrogen-bond donors (Lipinski definition) is 1. The maximum Gasteiger partial charge on any atom is 0.295 e. The molecule has 150 valence electrons. The van der Waals surface area contributed by atoms with Crippen LogP contribution in [-0.2, 0) is 9.59 Å². The normalized spacial score (nSPS) is 21.7. The first-order valence-electron chi connectivity index (χ1n) is 9.72. The Labute approximate surface area is 174 Å². The second-order valence-electron chi connectivity index (χ2n) is 7.40. The minimum Gasteiger partial charge on any atom is -0.507 e. The third kappa shape index (κ3) is 3.40. The summed E-state index contributed by atoms with van der Waals surface area (Å²) in [5.41, 5.74) is 1.30. The molecule has 2 aliphatic rings. The van der Waals surface area contributed by atoms with Crippen LogP contribution in [0.5, 0.6) is 5.75 Å². The quantitative estimate of drug-likeness (QED) is 0.449. The van der Waals surface area contributed by atoms with Gasteiger partial charge in [0, 0.05) is 11.6 Å². The summed E-state index contributed by atoms with van der Waals surface area (Å²) < 4.78 is 5.23. The molecule has 4 rings (SSSR count). The molecule has 6 heteroatoms. The van der Waals surface area contributed by atoms with E-state index in [4.69, 9.17) is 16.3 Å². The van der Waals surface area contributed by atoms with Gasteiger partial charge in [0.25, 0.3) is 11.7 Å². The van der Waals surface area contributed by atoms with E-state index in [1.54, 1.807) is 23.1 Å². The molecule has 1 heterocycles. The van der Waals surface area contributed by atoms with Crippen LogP contribution in [-0.4, -0.2) is 34.8 Å². The number of Topliss-reactive ketones (excluding diaryl/α,β-unsaturated/α-hetero) is 1. The number of carbonyl (C=O) groups is 2. The molecule has 5 nitrogen and oxygen atoms in total. The highest BCUT2D eigenvalue weighted by atomic mass is 35.5. The predicted molar refractivity (Wildman–Crippen MR) is 111 cm³/mol. The maximum absolute atomic E-state index is 13.0. The lowest BCUT2D eigenvalue weighted by Crippen LogP contribution is -2.37. The molecular weight excluding hydrogens is 390 g/mol. The van der Waals surface area contributed by atoms with Crippen molar-refractivity contribution in [3.63, 3.8) is 0 Å². The van der Waals surface area contributed by atoms with Gasteiger partial charge in [-0.05, 0) is 36.6 Å². The van der Waals surface area contributed by atoms with Crippen LogP contribution in [0.3, 0.4) is 0 Å². The number of halogens is 1. The Kier molecular flexibility index (Phi) is 5.33. The summed E-state index contributed by atoms with van der Waals surface area (Å²) in [6.45, 7) is 0. The molecule has 29 heavy (non-hydrogen) atoms. The van der Waals surface area contributed by atoms with Crippen LogP contribution in [0, 0.1) is 0 Å². The van der Waals surface area contributed by atoms with Crippen LogP contribution in [0.2, 0.25) is 5.02 Å². The molecule has 0 radical (unpaired) electrons. The third-order valence-electron chi connectivity index (χ3n) is 5.74. The van der Waals surface area contributed by atoms with Gasteiger partial charge in [-0.25, -0.2) is 0 Å². The van der Waals surface area contributed by atoms with E-state index < -0.39 is 17.7 Å². The van der Waals surface area contributed by atoms with E-state index in [2.05, 4.69) is 0 Å². The first kappa shape index (κ1) is 19.5. The fourth-order valence-electron chi connectivity index (χ4n) is 4.33. The van der Waals surface area contributed by atoms with Gasteiger partial charge in [-0.3, -0.25) is 9.59 Å². The number of amides is 1. The summed E-state index contributed by atoms with van der Waals surface area (Å²) in [6, 6.07) is 13.6. The van der Waals surface area contributed by atoms with E-state index in [9.17, 15) is 14.7 Å². The number of rotatable bonds is 4. The van der Waals surface area contributed by atoms with Crippen molar-refractivity contribution in [3.05, 3.63) is 70.3 Å². The number of ketones is 1. The molecule has 1 aliphatic carbocycles. The Morgan fingerprint density at radius 2 is 1.79 bits per heavy atom.